The number of pyridine rings is 1. The summed E-state index contributed by atoms with van der Waals surface area (Å²) >= 11 is 1.83. The van der Waals surface area contributed by atoms with Crippen molar-refractivity contribution in [3.63, 3.8) is 0 Å². The van der Waals surface area contributed by atoms with E-state index in [2.05, 4.69) is 31.9 Å². The highest BCUT2D eigenvalue weighted by molar-refractivity contribution is 7.98. The summed E-state index contributed by atoms with van der Waals surface area (Å²) in [7, 11) is 2.05. The molecule has 1 aromatic rings. The Hall–Kier alpha value is -0.740. The van der Waals surface area contributed by atoms with Crippen LogP contribution in [0.25, 0.3) is 0 Å². The Bertz CT molecular complexity index is 388. The van der Waals surface area contributed by atoms with Crippen molar-refractivity contribution in [1.29, 1.82) is 0 Å². The quantitative estimate of drug-likeness (QED) is 0.891. The molecule has 0 bridgehead atoms. The van der Waals surface area contributed by atoms with Crippen LogP contribution in [0.15, 0.2) is 12.1 Å². The lowest BCUT2D eigenvalue weighted by atomic mass is 9.91. The Kier molecular flexibility index (Phi) is 5.47. The van der Waals surface area contributed by atoms with Gasteiger partial charge in [-0.2, -0.15) is 11.8 Å². The molecular weight excluding hydrogens is 244 g/mol. The molecule has 0 aliphatic rings. The number of aromatic nitrogens is 1. The molecule has 0 spiro atoms. The monoisotopic (exact) mass is 268 g/mol. The molecule has 3 nitrogen and oxygen atoms in total. The van der Waals surface area contributed by atoms with Gasteiger partial charge in [0.1, 0.15) is 5.82 Å². The molecule has 1 N–H and O–H groups in total. The summed E-state index contributed by atoms with van der Waals surface area (Å²) in [4.78, 5) is 6.85. The van der Waals surface area contributed by atoms with Crippen LogP contribution in [0.2, 0.25) is 0 Å². The van der Waals surface area contributed by atoms with Gasteiger partial charge in [-0.15, -0.1) is 0 Å². The van der Waals surface area contributed by atoms with Gasteiger partial charge in [0.2, 0.25) is 0 Å². The van der Waals surface area contributed by atoms with Gasteiger partial charge >= 0.3 is 0 Å². The number of rotatable bonds is 5. The maximum absolute atomic E-state index is 9.36. The number of hydrogen-bond donors (Lipinski definition) is 1. The number of hydrogen-bond acceptors (Lipinski definition) is 4. The third kappa shape index (κ3) is 4.18. The highest BCUT2D eigenvalue weighted by atomic mass is 32.2. The third-order valence-corrected chi connectivity index (χ3v) is 3.44. The van der Waals surface area contributed by atoms with Crippen LogP contribution in [0.3, 0.4) is 0 Å². The molecule has 0 aromatic carbocycles. The zero-order chi connectivity index (χ0) is 13.8. The number of aliphatic hydroxyl groups is 1. The zero-order valence-corrected chi connectivity index (χ0v) is 12.8. The molecule has 0 atom stereocenters. The van der Waals surface area contributed by atoms with E-state index in [0.29, 0.717) is 0 Å². The number of aliphatic hydroxyl groups excluding tert-OH is 1. The van der Waals surface area contributed by atoms with Gasteiger partial charge < -0.3 is 10.0 Å². The summed E-state index contributed by atoms with van der Waals surface area (Å²) in [6, 6.07) is 3.96. The van der Waals surface area contributed by atoms with Gasteiger partial charge in [0.25, 0.3) is 0 Å². The van der Waals surface area contributed by atoms with E-state index in [1.807, 2.05) is 30.9 Å². The second-order valence-corrected chi connectivity index (χ2v) is 6.53. The van der Waals surface area contributed by atoms with E-state index >= 15 is 0 Å². The summed E-state index contributed by atoms with van der Waals surface area (Å²) in [6.45, 7) is 7.45. The van der Waals surface area contributed by atoms with Crippen LogP contribution in [0.1, 0.15) is 32.0 Å². The predicted octanol–water partition coefficient (Wildman–Crippen LogP) is 2.67. The van der Waals surface area contributed by atoms with Crippen LogP contribution in [0, 0.1) is 0 Å². The largest absolute Gasteiger partial charge is 0.392 e. The normalized spacial score (nSPS) is 11.7. The molecule has 1 rings (SSSR count). The van der Waals surface area contributed by atoms with Crippen molar-refractivity contribution < 1.29 is 5.11 Å². The third-order valence-electron chi connectivity index (χ3n) is 2.84. The molecule has 1 heterocycles. The second-order valence-electron chi connectivity index (χ2n) is 5.54. The van der Waals surface area contributed by atoms with Crippen LogP contribution in [-0.2, 0) is 12.0 Å². The summed E-state index contributed by atoms with van der Waals surface area (Å²) < 4.78 is 0. The number of nitrogens with zero attached hydrogens (tertiary/aromatic N) is 2. The van der Waals surface area contributed by atoms with Crippen LogP contribution < -0.4 is 4.90 Å². The molecule has 0 amide bonds. The highest BCUT2D eigenvalue weighted by Gasteiger charge is 2.18. The molecule has 0 aliphatic heterocycles. The zero-order valence-electron chi connectivity index (χ0n) is 12.0. The molecule has 18 heavy (non-hydrogen) atoms. The maximum Gasteiger partial charge on any atom is 0.128 e. The van der Waals surface area contributed by atoms with E-state index < -0.39 is 0 Å². The smallest absolute Gasteiger partial charge is 0.128 e. The summed E-state index contributed by atoms with van der Waals surface area (Å²) in [5.41, 5.74) is 1.96. The number of thioether (sulfide) groups is 1. The molecule has 0 saturated heterocycles. The Morgan fingerprint density at radius 1 is 1.33 bits per heavy atom. The molecule has 0 aliphatic carbocycles. The van der Waals surface area contributed by atoms with Crippen LogP contribution in [-0.4, -0.2) is 35.7 Å². The topological polar surface area (TPSA) is 36.4 Å². The predicted molar refractivity (Wildman–Crippen MR) is 80.5 cm³/mol. The minimum Gasteiger partial charge on any atom is -0.392 e. The molecule has 0 radical (unpaired) electrons. The Morgan fingerprint density at radius 3 is 2.50 bits per heavy atom. The van der Waals surface area contributed by atoms with Gasteiger partial charge in [0.05, 0.1) is 6.61 Å². The van der Waals surface area contributed by atoms with E-state index in [-0.39, 0.29) is 12.0 Å². The maximum atomic E-state index is 9.36. The van der Waals surface area contributed by atoms with Crippen molar-refractivity contribution in [2.24, 2.45) is 0 Å². The lowest BCUT2D eigenvalue weighted by Gasteiger charge is -2.23. The molecule has 4 heteroatoms. The lowest BCUT2D eigenvalue weighted by Crippen LogP contribution is -2.23. The molecular formula is C14H24N2OS. The Morgan fingerprint density at radius 2 is 2.00 bits per heavy atom. The highest BCUT2D eigenvalue weighted by Crippen LogP contribution is 2.24. The lowest BCUT2D eigenvalue weighted by molar-refractivity contribution is 0.281. The number of anilines is 1. The van der Waals surface area contributed by atoms with Gasteiger partial charge in [-0.05, 0) is 24.0 Å². The molecule has 0 fully saturated rings. The van der Waals surface area contributed by atoms with Gasteiger partial charge in [0.15, 0.2) is 0 Å². The van der Waals surface area contributed by atoms with Crippen LogP contribution in [0.5, 0.6) is 0 Å². The van der Waals surface area contributed by atoms with Crippen molar-refractivity contribution in [3.8, 4) is 0 Å². The van der Waals surface area contributed by atoms with E-state index in [4.69, 9.17) is 4.98 Å². The van der Waals surface area contributed by atoms with Gasteiger partial charge in [-0.3, -0.25) is 0 Å². The van der Waals surface area contributed by atoms with Gasteiger partial charge in [-0.25, -0.2) is 4.98 Å². The van der Waals surface area contributed by atoms with Crippen molar-refractivity contribution >= 4 is 17.6 Å². The first-order valence-corrected chi connectivity index (χ1v) is 7.60. The first-order valence-electron chi connectivity index (χ1n) is 6.21. The van der Waals surface area contributed by atoms with E-state index in [0.717, 1.165) is 29.4 Å². The van der Waals surface area contributed by atoms with Crippen molar-refractivity contribution in [1.82, 2.24) is 4.98 Å². The molecule has 0 unspecified atom stereocenters. The minimum absolute atomic E-state index is 0.000274. The molecule has 1 aromatic heterocycles. The van der Waals surface area contributed by atoms with E-state index in [9.17, 15) is 5.11 Å². The minimum atomic E-state index is 0.000274. The summed E-state index contributed by atoms with van der Waals surface area (Å²) in [5, 5.41) is 9.36. The van der Waals surface area contributed by atoms with Gasteiger partial charge in [-0.1, -0.05) is 20.8 Å². The summed E-state index contributed by atoms with van der Waals surface area (Å²) in [6.07, 6.45) is 2.10. The fourth-order valence-corrected chi connectivity index (χ4v) is 2.04. The Balaban J connectivity index is 3.04. The van der Waals surface area contributed by atoms with Crippen LogP contribution >= 0.6 is 11.8 Å². The van der Waals surface area contributed by atoms with Crippen molar-refractivity contribution in [2.75, 3.05) is 30.5 Å². The average Bonchev–Trinajstić information content (AvgIpc) is 2.34. The van der Waals surface area contributed by atoms with Crippen LogP contribution in [0.4, 0.5) is 5.82 Å². The Labute approximate surface area is 115 Å². The molecule has 0 saturated carbocycles. The first kappa shape index (κ1) is 15.3. The average molecular weight is 268 g/mol. The standard InChI is InChI=1S/C14H24N2OS/c1-14(2,3)12-8-11(10-17)9-13(15-12)16(4)6-7-18-5/h8-9,17H,6-7,10H2,1-5H3. The SMILES string of the molecule is CSCCN(C)c1cc(CO)cc(C(C)(C)C)n1. The van der Waals surface area contributed by atoms with Gasteiger partial charge in [0, 0.05) is 30.5 Å². The molecule has 102 valence electrons. The van der Waals surface area contributed by atoms with Crippen molar-refractivity contribution in [2.45, 2.75) is 32.8 Å². The summed E-state index contributed by atoms with van der Waals surface area (Å²) in [5.74, 6) is 2.02. The fourth-order valence-electron chi connectivity index (χ4n) is 1.58. The fraction of sp³-hybridized carbons (Fsp3) is 0.643. The second kappa shape index (κ2) is 6.43. The van der Waals surface area contributed by atoms with E-state index in [1.54, 1.807) is 0 Å². The first-order chi connectivity index (χ1) is 8.38. The van der Waals surface area contributed by atoms with E-state index in [1.165, 1.54) is 0 Å². The van der Waals surface area contributed by atoms with Crippen molar-refractivity contribution in [3.05, 3.63) is 23.4 Å².